The van der Waals surface area contributed by atoms with Gasteiger partial charge in [0.25, 0.3) is 0 Å². The number of amides is 1. The third-order valence-electron chi connectivity index (χ3n) is 3.80. The van der Waals surface area contributed by atoms with Crippen LogP contribution in [0.1, 0.15) is 38.3 Å². The lowest BCUT2D eigenvalue weighted by molar-refractivity contribution is -0.142. The fraction of sp³-hybridized carbons (Fsp3) is 0.556. The van der Waals surface area contributed by atoms with Crippen LogP contribution in [0.25, 0.3) is 0 Å². The summed E-state index contributed by atoms with van der Waals surface area (Å²) in [5, 5.41) is 9.49. The maximum absolute atomic E-state index is 12.3. The molecule has 2 atom stereocenters. The molecule has 1 amide bonds. The number of carbonyl (C=O) groups excluding carboxylic acids is 1. The van der Waals surface area contributed by atoms with Crippen molar-refractivity contribution in [2.24, 2.45) is 0 Å². The van der Waals surface area contributed by atoms with Crippen molar-refractivity contribution in [3.63, 3.8) is 0 Å². The molecule has 0 bridgehead atoms. The van der Waals surface area contributed by atoms with Gasteiger partial charge in [-0.25, -0.2) is 9.59 Å². The number of likely N-dealkylation sites (tertiary alicyclic amines) is 1. The summed E-state index contributed by atoms with van der Waals surface area (Å²) in [4.78, 5) is 26.3. The predicted octanol–water partition coefficient (Wildman–Crippen LogP) is 3.86. The third kappa shape index (κ3) is 4.66. The number of carboxylic acids is 1. The molecular formula is C18H25NO4S. The second-order valence-electron chi connectivity index (χ2n) is 7.23. The van der Waals surface area contributed by atoms with Crippen LogP contribution in [0.4, 0.5) is 4.79 Å². The van der Waals surface area contributed by atoms with Crippen LogP contribution in [0.3, 0.4) is 0 Å². The molecule has 0 aliphatic carbocycles. The van der Waals surface area contributed by atoms with Crippen molar-refractivity contribution >= 4 is 23.8 Å². The average molecular weight is 351 g/mol. The van der Waals surface area contributed by atoms with Gasteiger partial charge in [-0.1, -0.05) is 17.7 Å². The molecule has 1 saturated heterocycles. The lowest BCUT2D eigenvalue weighted by atomic mass is 10.2. The van der Waals surface area contributed by atoms with Gasteiger partial charge in [-0.05, 0) is 52.7 Å². The van der Waals surface area contributed by atoms with E-state index in [-0.39, 0.29) is 5.25 Å². The summed E-state index contributed by atoms with van der Waals surface area (Å²) in [5.74, 6) is -0.982. The summed E-state index contributed by atoms with van der Waals surface area (Å²) in [7, 11) is 0. The number of aliphatic carboxylic acids is 1. The SMILES string of the molecule is Cc1ccc(S[C@@H]2C[C@@H](C(=O)O)N(C(=O)OC(C)(C)C)C2)c(C)c1. The summed E-state index contributed by atoms with van der Waals surface area (Å²) in [5.41, 5.74) is 1.73. The molecule has 0 saturated carbocycles. The van der Waals surface area contributed by atoms with Gasteiger partial charge < -0.3 is 9.84 Å². The van der Waals surface area contributed by atoms with Crippen molar-refractivity contribution in [3.8, 4) is 0 Å². The molecule has 0 unspecified atom stereocenters. The highest BCUT2D eigenvalue weighted by Gasteiger charge is 2.42. The Labute approximate surface area is 147 Å². The van der Waals surface area contributed by atoms with Crippen LogP contribution in [-0.2, 0) is 9.53 Å². The lowest BCUT2D eigenvalue weighted by Gasteiger charge is -2.26. The molecule has 1 aromatic carbocycles. The summed E-state index contributed by atoms with van der Waals surface area (Å²) in [6, 6.07) is 5.38. The van der Waals surface area contributed by atoms with Crippen LogP contribution in [0.15, 0.2) is 23.1 Å². The highest BCUT2D eigenvalue weighted by atomic mass is 32.2. The first-order chi connectivity index (χ1) is 11.1. The molecule has 1 fully saturated rings. The third-order valence-corrected chi connectivity index (χ3v) is 5.19. The normalized spacial score (nSPS) is 21.0. The van der Waals surface area contributed by atoms with E-state index >= 15 is 0 Å². The molecule has 0 spiro atoms. The maximum Gasteiger partial charge on any atom is 0.411 e. The Morgan fingerprint density at radius 1 is 1.29 bits per heavy atom. The number of thioether (sulfide) groups is 1. The first-order valence-corrected chi connectivity index (χ1v) is 8.91. The number of hydrogen-bond donors (Lipinski definition) is 1. The highest BCUT2D eigenvalue weighted by Crippen LogP contribution is 2.35. The molecule has 2 rings (SSSR count). The Hall–Kier alpha value is -1.69. The van der Waals surface area contributed by atoms with Crippen LogP contribution in [0.2, 0.25) is 0 Å². The minimum atomic E-state index is -0.982. The number of carboxylic acid groups (broad SMARTS) is 1. The summed E-state index contributed by atoms with van der Waals surface area (Å²) < 4.78 is 5.35. The van der Waals surface area contributed by atoms with Crippen molar-refractivity contribution in [2.45, 2.75) is 62.8 Å². The van der Waals surface area contributed by atoms with Gasteiger partial charge in [-0.15, -0.1) is 11.8 Å². The zero-order valence-corrected chi connectivity index (χ0v) is 15.6. The molecule has 132 valence electrons. The first-order valence-electron chi connectivity index (χ1n) is 8.03. The van der Waals surface area contributed by atoms with Crippen LogP contribution in [0, 0.1) is 13.8 Å². The van der Waals surface area contributed by atoms with Crippen LogP contribution >= 0.6 is 11.8 Å². The van der Waals surface area contributed by atoms with E-state index in [0.717, 1.165) is 4.90 Å². The zero-order chi connectivity index (χ0) is 18.1. The summed E-state index contributed by atoms with van der Waals surface area (Å²) in [6.07, 6.45) is -0.134. The molecule has 1 N–H and O–H groups in total. The van der Waals surface area contributed by atoms with Gasteiger partial charge in [0.2, 0.25) is 0 Å². The van der Waals surface area contributed by atoms with Crippen LogP contribution in [0.5, 0.6) is 0 Å². The molecule has 24 heavy (non-hydrogen) atoms. The number of carbonyl (C=O) groups is 2. The number of rotatable bonds is 3. The van der Waals surface area contributed by atoms with Gasteiger partial charge in [0.05, 0.1) is 0 Å². The quantitative estimate of drug-likeness (QED) is 0.896. The van der Waals surface area contributed by atoms with E-state index in [4.69, 9.17) is 4.74 Å². The molecular weight excluding hydrogens is 326 g/mol. The molecule has 0 radical (unpaired) electrons. The lowest BCUT2D eigenvalue weighted by Crippen LogP contribution is -2.43. The van der Waals surface area contributed by atoms with Crippen LogP contribution < -0.4 is 0 Å². The summed E-state index contributed by atoms with van der Waals surface area (Å²) >= 11 is 1.63. The molecule has 0 aromatic heterocycles. The maximum atomic E-state index is 12.3. The van der Waals surface area contributed by atoms with E-state index in [0.29, 0.717) is 13.0 Å². The second-order valence-corrected chi connectivity index (χ2v) is 8.57. The number of hydrogen-bond acceptors (Lipinski definition) is 4. The van der Waals surface area contributed by atoms with E-state index in [1.807, 2.05) is 19.9 Å². The van der Waals surface area contributed by atoms with Crippen molar-refractivity contribution in [3.05, 3.63) is 29.3 Å². The molecule has 6 heteroatoms. The monoisotopic (exact) mass is 351 g/mol. The summed E-state index contributed by atoms with van der Waals surface area (Å²) in [6.45, 7) is 9.80. The Morgan fingerprint density at radius 3 is 2.50 bits per heavy atom. The Kier molecular flexibility index (Phi) is 5.48. The van der Waals surface area contributed by atoms with Crippen molar-refractivity contribution in [2.75, 3.05) is 6.54 Å². The van der Waals surface area contributed by atoms with Crippen molar-refractivity contribution in [1.29, 1.82) is 0 Å². The van der Waals surface area contributed by atoms with Gasteiger partial charge in [0.15, 0.2) is 0 Å². The largest absolute Gasteiger partial charge is 0.480 e. The topological polar surface area (TPSA) is 66.8 Å². The van der Waals surface area contributed by atoms with E-state index < -0.39 is 23.7 Å². The van der Waals surface area contributed by atoms with E-state index in [1.165, 1.54) is 16.0 Å². The zero-order valence-electron chi connectivity index (χ0n) is 14.8. The molecule has 1 aliphatic rings. The average Bonchev–Trinajstić information content (AvgIpc) is 2.84. The molecule has 1 heterocycles. The van der Waals surface area contributed by atoms with Crippen molar-refractivity contribution in [1.82, 2.24) is 4.90 Å². The Morgan fingerprint density at radius 2 is 1.96 bits per heavy atom. The smallest absolute Gasteiger partial charge is 0.411 e. The predicted molar refractivity (Wildman–Crippen MR) is 94.5 cm³/mol. The fourth-order valence-electron chi connectivity index (χ4n) is 2.75. The van der Waals surface area contributed by atoms with E-state index in [1.54, 1.807) is 32.5 Å². The number of nitrogens with zero attached hydrogens (tertiary/aromatic N) is 1. The van der Waals surface area contributed by atoms with Gasteiger partial charge in [-0.2, -0.15) is 0 Å². The van der Waals surface area contributed by atoms with Crippen LogP contribution in [-0.4, -0.2) is 45.5 Å². The van der Waals surface area contributed by atoms with E-state index in [2.05, 4.69) is 12.1 Å². The fourth-order valence-corrected chi connectivity index (χ4v) is 4.01. The minimum absolute atomic E-state index is 0.0417. The molecule has 1 aromatic rings. The molecule has 1 aliphatic heterocycles. The first kappa shape index (κ1) is 18.6. The van der Waals surface area contributed by atoms with Gasteiger partial charge in [0, 0.05) is 16.7 Å². The minimum Gasteiger partial charge on any atom is -0.480 e. The molecule has 5 nitrogen and oxygen atoms in total. The number of aryl methyl sites for hydroxylation is 2. The number of benzene rings is 1. The van der Waals surface area contributed by atoms with Crippen molar-refractivity contribution < 1.29 is 19.4 Å². The van der Waals surface area contributed by atoms with Gasteiger partial charge in [-0.3, -0.25) is 4.90 Å². The highest BCUT2D eigenvalue weighted by molar-refractivity contribution is 8.00. The Balaban J connectivity index is 2.11. The second kappa shape index (κ2) is 7.05. The van der Waals surface area contributed by atoms with E-state index in [9.17, 15) is 14.7 Å². The van der Waals surface area contributed by atoms with Gasteiger partial charge >= 0.3 is 12.1 Å². The standard InChI is InChI=1S/C18H25NO4S/c1-11-6-7-15(12(2)8-11)24-13-9-14(16(20)21)19(10-13)17(22)23-18(3,4)5/h6-8,13-14H,9-10H2,1-5H3,(H,20,21)/t13-,14+/m1/s1. The number of ether oxygens (including phenoxy) is 1. The Bertz CT molecular complexity index is 638. The van der Waals surface area contributed by atoms with Gasteiger partial charge in [0.1, 0.15) is 11.6 Å².